The highest BCUT2D eigenvalue weighted by Gasteiger charge is 2.11. The molecule has 0 bridgehead atoms. The second kappa shape index (κ2) is 7.89. The van der Waals surface area contributed by atoms with Crippen LogP contribution < -0.4 is 5.73 Å². The molecule has 0 amide bonds. The van der Waals surface area contributed by atoms with Crippen molar-refractivity contribution < 1.29 is 14.3 Å². The average molecular weight is 243 g/mol. The SMILES string of the molecule is CCOC(=O)CCCN=C(N)N1CCOCC1. The van der Waals surface area contributed by atoms with Gasteiger partial charge in [0.1, 0.15) is 0 Å². The van der Waals surface area contributed by atoms with Crippen LogP contribution in [0.15, 0.2) is 4.99 Å². The first kappa shape index (κ1) is 13.8. The number of aliphatic imine (C=N–C) groups is 1. The van der Waals surface area contributed by atoms with Crippen LogP contribution in [0, 0.1) is 0 Å². The van der Waals surface area contributed by atoms with Crippen molar-refractivity contribution in [3.05, 3.63) is 0 Å². The van der Waals surface area contributed by atoms with E-state index in [1.54, 1.807) is 6.92 Å². The Morgan fingerprint density at radius 1 is 1.47 bits per heavy atom. The summed E-state index contributed by atoms with van der Waals surface area (Å²) < 4.78 is 10.0. The lowest BCUT2D eigenvalue weighted by atomic mass is 10.3. The summed E-state index contributed by atoms with van der Waals surface area (Å²) in [5.74, 6) is 0.366. The van der Waals surface area contributed by atoms with Gasteiger partial charge in [0.15, 0.2) is 5.96 Å². The number of rotatable bonds is 5. The summed E-state index contributed by atoms with van der Waals surface area (Å²) in [6.07, 6.45) is 1.07. The van der Waals surface area contributed by atoms with Crippen LogP contribution in [-0.2, 0) is 14.3 Å². The number of hydrogen-bond donors (Lipinski definition) is 1. The first-order valence-electron chi connectivity index (χ1n) is 6.02. The number of nitrogens with two attached hydrogens (primary N) is 1. The Balaban J connectivity index is 2.16. The summed E-state index contributed by atoms with van der Waals surface area (Å²) in [6, 6.07) is 0. The molecule has 1 rings (SSSR count). The smallest absolute Gasteiger partial charge is 0.305 e. The van der Waals surface area contributed by atoms with Crippen LogP contribution in [0.4, 0.5) is 0 Å². The van der Waals surface area contributed by atoms with Gasteiger partial charge in [0.25, 0.3) is 0 Å². The van der Waals surface area contributed by atoms with E-state index in [1.165, 1.54) is 0 Å². The number of morpholine rings is 1. The zero-order valence-corrected chi connectivity index (χ0v) is 10.4. The van der Waals surface area contributed by atoms with Gasteiger partial charge >= 0.3 is 5.97 Å². The van der Waals surface area contributed by atoms with Gasteiger partial charge in [-0.1, -0.05) is 0 Å². The van der Waals surface area contributed by atoms with E-state index >= 15 is 0 Å². The van der Waals surface area contributed by atoms with E-state index in [0.717, 1.165) is 13.1 Å². The van der Waals surface area contributed by atoms with Gasteiger partial charge < -0.3 is 20.1 Å². The quantitative estimate of drug-likeness (QED) is 0.318. The lowest BCUT2D eigenvalue weighted by molar-refractivity contribution is -0.143. The third-order valence-corrected chi connectivity index (χ3v) is 2.45. The minimum absolute atomic E-state index is 0.173. The summed E-state index contributed by atoms with van der Waals surface area (Å²) in [4.78, 5) is 17.3. The lowest BCUT2D eigenvalue weighted by Gasteiger charge is -2.27. The highest BCUT2D eigenvalue weighted by atomic mass is 16.5. The van der Waals surface area contributed by atoms with Gasteiger partial charge in [0, 0.05) is 26.1 Å². The van der Waals surface area contributed by atoms with E-state index in [9.17, 15) is 4.79 Å². The monoisotopic (exact) mass is 243 g/mol. The molecule has 98 valence electrons. The molecule has 0 atom stereocenters. The van der Waals surface area contributed by atoms with Crippen LogP contribution in [0.25, 0.3) is 0 Å². The second-order valence-electron chi connectivity index (χ2n) is 3.75. The van der Waals surface area contributed by atoms with Gasteiger partial charge in [-0.2, -0.15) is 0 Å². The molecule has 6 nitrogen and oxygen atoms in total. The van der Waals surface area contributed by atoms with E-state index in [0.29, 0.717) is 45.2 Å². The van der Waals surface area contributed by atoms with Crippen LogP contribution in [-0.4, -0.2) is 56.3 Å². The maximum absolute atomic E-state index is 11.1. The molecule has 0 unspecified atom stereocenters. The maximum atomic E-state index is 11.1. The van der Waals surface area contributed by atoms with Crippen LogP contribution >= 0.6 is 0 Å². The van der Waals surface area contributed by atoms with Crippen molar-refractivity contribution in [2.24, 2.45) is 10.7 Å². The van der Waals surface area contributed by atoms with Crippen LogP contribution in [0.3, 0.4) is 0 Å². The molecule has 1 saturated heterocycles. The van der Waals surface area contributed by atoms with Crippen molar-refractivity contribution >= 4 is 11.9 Å². The van der Waals surface area contributed by atoms with Crippen LogP contribution in [0.5, 0.6) is 0 Å². The molecule has 0 spiro atoms. The summed E-state index contributed by atoms with van der Waals surface area (Å²) >= 11 is 0. The molecule has 0 aromatic heterocycles. The summed E-state index contributed by atoms with van der Waals surface area (Å²) in [7, 11) is 0. The third-order valence-electron chi connectivity index (χ3n) is 2.45. The summed E-state index contributed by atoms with van der Waals surface area (Å²) in [5, 5.41) is 0. The van der Waals surface area contributed by atoms with Crippen LogP contribution in [0.1, 0.15) is 19.8 Å². The Labute approximate surface area is 102 Å². The molecule has 0 aliphatic carbocycles. The number of esters is 1. The van der Waals surface area contributed by atoms with E-state index in [2.05, 4.69) is 4.99 Å². The van der Waals surface area contributed by atoms with Crippen molar-refractivity contribution in [3.8, 4) is 0 Å². The van der Waals surface area contributed by atoms with Gasteiger partial charge in [0.05, 0.1) is 19.8 Å². The van der Waals surface area contributed by atoms with Gasteiger partial charge in [0.2, 0.25) is 0 Å². The minimum atomic E-state index is -0.173. The van der Waals surface area contributed by atoms with Gasteiger partial charge in [-0.15, -0.1) is 0 Å². The number of guanidine groups is 1. The molecule has 0 radical (unpaired) electrons. The number of nitrogens with zero attached hydrogens (tertiary/aromatic N) is 2. The molecule has 1 fully saturated rings. The molecule has 0 aromatic rings. The highest BCUT2D eigenvalue weighted by molar-refractivity contribution is 5.78. The number of carbonyl (C=O) groups is 1. The van der Waals surface area contributed by atoms with E-state index in [4.69, 9.17) is 15.2 Å². The third kappa shape index (κ3) is 5.53. The average Bonchev–Trinajstić information content (AvgIpc) is 2.36. The topological polar surface area (TPSA) is 77.1 Å². The minimum Gasteiger partial charge on any atom is -0.466 e. The zero-order valence-electron chi connectivity index (χ0n) is 10.4. The van der Waals surface area contributed by atoms with Gasteiger partial charge in [-0.05, 0) is 13.3 Å². The number of carbonyl (C=O) groups excluding carboxylic acids is 1. The van der Waals surface area contributed by atoms with Crippen molar-refractivity contribution in [3.63, 3.8) is 0 Å². The molecule has 1 heterocycles. The second-order valence-corrected chi connectivity index (χ2v) is 3.75. The highest BCUT2D eigenvalue weighted by Crippen LogP contribution is 1.98. The molecule has 2 N–H and O–H groups in total. The Morgan fingerprint density at radius 3 is 2.82 bits per heavy atom. The molecular formula is C11H21N3O3. The van der Waals surface area contributed by atoms with Gasteiger partial charge in [-0.25, -0.2) is 0 Å². The van der Waals surface area contributed by atoms with Crippen molar-refractivity contribution in [2.75, 3.05) is 39.5 Å². The molecule has 0 saturated carbocycles. The van der Waals surface area contributed by atoms with E-state index < -0.39 is 0 Å². The van der Waals surface area contributed by atoms with Crippen molar-refractivity contribution in [1.29, 1.82) is 0 Å². The molecule has 1 aliphatic heterocycles. The van der Waals surface area contributed by atoms with Crippen molar-refractivity contribution in [1.82, 2.24) is 4.90 Å². The number of ether oxygens (including phenoxy) is 2. The Hall–Kier alpha value is -1.30. The Bertz CT molecular complexity index is 263. The summed E-state index contributed by atoms with van der Waals surface area (Å²) in [5.41, 5.74) is 5.83. The molecular weight excluding hydrogens is 222 g/mol. The van der Waals surface area contributed by atoms with Crippen molar-refractivity contribution in [2.45, 2.75) is 19.8 Å². The largest absolute Gasteiger partial charge is 0.466 e. The van der Waals surface area contributed by atoms with Gasteiger partial charge in [-0.3, -0.25) is 9.79 Å². The standard InChI is InChI=1S/C11H21N3O3/c1-2-17-10(15)4-3-5-13-11(12)14-6-8-16-9-7-14/h2-9H2,1H3,(H2,12,13). The zero-order chi connectivity index (χ0) is 12.5. The maximum Gasteiger partial charge on any atom is 0.305 e. The molecule has 6 heteroatoms. The fourth-order valence-corrected chi connectivity index (χ4v) is 1.54. The fourth-order valence-electron chi connectivity index (χ4n) is 1.54. The Morgan fingerprint density at radius 2 is 2.18 bits per heavy atom. The first-order chi connectivity index (χ1) is 8.24. The summed E-state index contributed by atoms with van der Waals surface area (Å²) in [6.45, 7) is 5.74. The predicted octanol–water partition coefficient (Wildman–Crippen LogP) is -0.0234. The predicted molar refractivity (Wildman–Crippen MR) is 64.7 cm³/mol. The molecule has 0 aromatic carbocycles. The van der Waals surface area contributed by atoms with Crippen LogP contribution in [0.2, 0.25) is 0 Å². The number of hydrogen-bond acceptors (Lipinski definition) is 4. The van der Waals surface area contributed by atoms with E-state index in [-0.39, 0.29) is 5.97 Å². The normalized spacial score (nSPS) is 17.0. The fraction of sp³-hybridized carbons (Fsp3) is 0.818. The lowest BCUT2D eigenvalue weighted by Crippen LogP contribution is -2.44. The first-order valence-corrected chi connectivity index (χ1v) is 6.02. The molecule has 17 heavy (non-hydrogen) atoms. The molecule has 1 aliphatic rings. The van der Waals surface area contributed by atoms with E-state index in [1.807, 2.05) is 4.90 Å². The Kier molecular flexibility index (Phi) is 6.39.